The molecule has 0 radical (unpaired) electrons. The fourth-order valence-corrected chi connectivity index (χ4v) is 2.97. The molecule has 128 valence electrons. The Hall–Kier alpha value is -1.05. The van der Waals surface area contributed by atoms with Crippen molar-refractivity contribution in [3.8, 4) is 0 Å². The van der Waals surface area contributed by atoms with Crippen molar-refractivity contribution in [1.29, 1.82) is 0 Å². The van der Waals surface area contributed by atoms with Crippen LogP contribution in [0.15, 0.2) is 60.7 Å². The first-order valence-electron chi connectivity index (χ1n) is 7.79. The fourth-order valence-electron chi connectivity index (χ4n) is 2.97. The molecule has 4 aromatic rings. The molecular weight excluding hydrogens is 383 g/mol. The van der Waals surface area contributed by atoms with Crippen LogP contribution in [0.2, 0.25) is 0 Å². The summed E-state index contributed by atoms with van der Waals surface area (Å²) in [6.45, 7) is 8.52. The van der Waals surface area contributed by atoms with Crippen molar-refractivity contribution in [3.05, 3.63) is 82.9 Å². The molecule has 25 heavy (non-hydrogen) atoms. The van der Waals surface area contributed by atoms with E-state index >= 15 is 0 Å². The second-order valence-corrected chi connectivity index (χ2v) is 6.33. The number of hydrogen-bond acceptors (Lipinski definition) is 0. The van der Waals surface area contributed by atoms with Crippen molar-refractivity contribution in [2.45, 2.75) is 27.7 Å². The van der Waals surface area contributed by atoms with E-state index in [1.54, 1.807) is 0 Å². The summed E-state index contributed by atoms with van der Waals surface area (Å²) in [4.78, 5) is 0. The minimum atomic E-state index is 0. The molecule has 0 aromatic heterocycles. The Morgan fingerprint density at radius 1 is 0.560 bits per heavy atom. The van der Waals surface area contributed by atoms with Crippen LogP contribution in [-0.4, -0.2) is 0 Å². The summed E-state index contributed by atoms with van der Waals surface area (Å²) in [5.41, 5.74) is 5.38. The average molecular weight is 405 g/mol. The third-order valence-electron chi connectivity index (χ3n) is 4.02. The zero-order chi connectivity index (χ0) is 15.7. The van der Waals surface area contributed by atoms with Crippen molar-refractivity contribution in [2.24, 2.45) is 0 Å². The van der Waals surface area contributed by atoms with Crippen molar-refractivity contribution >= 4 is 21.5 Å². The van der Waals surface area contributed by atoms with Gasteiger partial charge in [-0.05, 0) is 13.8 Å². The summed E-state index contributed by atoms with van der Waals surface area (Å²) in [6.07, 6.45) is 0. The zero-order valence-electron chi connectivity index (χ0n) is 15.0. The SMILES string of the molecule is Cc1ccc2[cH-]c(C)cc2c1.Cc1ccc2[cH-]c(C)cc2c1.[Cl-].[Cl-].[Ti+4]. The van der Waals surface area contributed by atoms with Crippen LogP contribution >= 0.6 is 0 Å². The molecule has 0 spiro atoms. The van der Waals surface area contributed by atoms with Crippen LogP contribution in [0.5, 0.6) is 0 Å². The first kappa shape index (κ1) is 24.0. The van der Waals surface area contributed by atoms with Gasteiger partial charge in [0.25, 0.3) is 0 Å². The van der Waals surface area contributed by atoms with Gasteiger partial charge in [0.15, 0.2) is 0 Å². The molecule has 4 rings (SSSR count). The van der Waals surface area contributed by atoms with E-state index in [0.29, 0.717) is 0 Å². The van der Waals surface area contributed by atoms with Crippen molar-refractivity contribution in [1.82, 2.24) is 0 Å². The smallest absolute Gasteiger partial charge is 1.00 e. The Balaban J connectivity index is 0.000000411. The maximum Gasteiger partial charge on any atom is 4.00 e. The monoisotopic (exact) mass is 404 g/mol. The number of rotatable bonds is 0. The van der Waals surface area contributed by atoms with Gasteiger partial charge in [0.2, 0.25) is 0 Å². The van der Waals surface area contributed by atoms with Crippen LogP contribution in [0.25, 0.3) is 21.5 Å². The second kappa shape index (κ2) is 10.2. The first-order valence-corrected chi connectivity index (χ1v) is 7.79. The number of aryl methyl sites for hydroxylation is 4. The molecule has 0 amide bonds. The number of benzene rings is 2. The van der Waals surface area contributed by atoms with Gasteiger partial charge in [-0.15, -0.1) is 81.2 Å². The number of halogens is 2. The Labute approximate surface area is 178 Å². The maximum absolute atomic E-state index is 2.22. The van der Waals surface area contributed by atoms with Gasteiger partial charge in [0.1, 0.15) is 0 Å². The molecule has 0 heterocycles. The van der Waals surface area contributed by atoms with E-state index in [1.165, 1.54) is 43.8 Å². The van der Waals surface area contributed by atoms with Crippen LogP contribution < -0.4 is 24.8 Å². The van der Waals surface area contributed by atoms with E-state index in [2.05, 4.69) is 88.4 Å². The van der Waals surface area contributed by atoms with E-state index in [1.807, 2.05) is 0 Å². The van der Waals surface area contributed by atoms with E-state index in [9.17, 15) is 0 Å². The van der Waals surface area contributed by atoms with Crippen LogP contribution in [0.3, 0.4) is 0 Å². The van der Waals surface area contributed by atoms with Crippen LogP contribution in [0.1, 0.15) is 22.3 Å². The largest absolute Gasteiger partial charge is 4.00 e. The Bertz CT molecular complexity index is 854. The number of fused-ring (bicyclic) bond motifs is 2. The summed E-state index contributed by atoms with van der Waals surface area (Å²) < 4.78 is 0. The Morgan fingerprint density at radius 2 is 0.920 bits per heavy atom. The molecule has 0 bridgehead atoms. The molecule has 3 heteroatoms. The maximum atomic E-state index is 2.22. The molecule has 0 nitrogen and oxygen atoms in total. The normalized spacial score (nSPS) is 9.44. The van der Waals surface area contributed by atoms with Gasteiger partial charge in [-0.1, -0.05) is 25.0 Å². The minimum Gasteiger partial charge on any atom is -1.00 e. The van der Waals surface area contributed by atoms with Crippen molar-refractivity contribution in [3.63, 3.8) is 0 Å². The molecule has 0 N–H and O–H groups in total. The van der Waals surface area contributed by atoms with Gasteiger partial charge >= 0.3 is 21.7 Å². The van der Waals surface area contributed by atoms with E-state index in [-0.39, 0.29) is 46.5 Å². The van der Waals surface area contributed by atoms with Gasteiger partial charge < -0.3 is 24.8 Å². The number of hydrogen-bond donors (Lipinski definition) is 0. The third kappa shape index (κ3) is 6.01. The van der Waals surface area contributed by atoms with Gasteiger partial charge in [0, 0.05) is 0 Å². The Kier molecular flexibility index (Phi) is 9.76. The van der Waals surface area contributed by atoms with Crippen LogP contribution in [0, 0.1) is 27.7 Å². The van der Waals surface area contributed by atoms with Gasteiger partial charge in [-0.2, -0.15) is 12.1 Å². The summed E-state index contributed by atoms with van der Waals surface area (Å²) in [7, 11) is 0. The summed E-state index contributed by atoms with van der Waals surface area (Å²) >= 11 is 0. The summed E-state index contributed by atoms with van der Waals surface area (Å²) in [5, 5.41) is 5.44. The minimum absolute atomic E-state index is 0. The predicted octanol–water partition coefficient (Wildman–Crippen LogP) is 0.357. The van der Waals surface area contributed by atoms with Crippen molar-refractivity contribution < 1.29 is 46.5 Å². The molecule has 0 atom stereocenters. The quantitative estimate of drug-likeness (QED) is 0.293. The second-order valence-electron chi connectivity index (χ2n) is 6.33. The van der Waals surface area contributed by atoms with E-state index < -0.39 is 0 Å². The fraction of sp³-hybridized carbons (Fsp3) is 0.182. The third-order valence-corrected chi connectivity index (χ3v) is 4.02. The Morgan fingerprint density at radius 3 is 1.28 bits per heavy atom. The predicted molar refractivity (Wildman–Crippen MR) is 98.0 cm³/mol. The van der Waals surface area contributed by atoms with E-state index in [4.69, 9.17) is 0 Å². The standard InChI is InChI=1S/2C11H11.2ClH.Ti/c2*1-8-3-4-10-6-9(2)7-11(10)5-8;;;/h2*3-7H,1-2H3;2*1H;/q2*-1;;;+4/p-2. The molecule has 0 unspecified atom stereocenters. The van der Waals surface area contributed by atoms with Crippen LogP contribution in [0.4, 0.5) is 0 Å². The van der Waals surface area contributed by atoms with Gasteiger partial charge in [-0.25, -0.2) is 0 Å². The van der Waals surface area contributed by atoms with Gasteiger partial charge in [-0.3, -0.25) is 0 Å². The molecular formula is C22H22Cl2Ti. The average Bonchev–Trinajstić information content (AvgIpc) is 2.99. The molecule has 0 aliphatic carbocycles. The van der Waals surface area contributed by atoms with Crippen molar-refractivity contribution in [2.75, 3.05) is 0 Å². The molecule has 0 saturated carbocycles. The van der Waals surface area contributed by atoms with E-state index in [0.717, 1.165) is 0 Å². The molecule has 0 fully saturated rings. The van der Waals surface area contributed by atoms with Gasteiger partial charge in [0.05, 0.1) is 0 Å². The summed E-state index contributed by atoms with van der Waals surface area (Å²) in [6, 6.07) is 22.0. The first-order chi connectivity index (χ1) is 10.5. The molecule has 0 aliphatic heterocycles. The van der Waals surface area contributed by atoms with Crippen LogP contribution in [-0.2, 0) is 21.7 Å². The molecule has 0 saturated heterocycles. The zero-order valence-corrected chi connectivity index (χ0v) is 18.1. The topological polar surface area (TPSA) is 0 Å². The summed E-state index contributed by atoms with van der Waals surface area (Å²) in [5.74, 6) is 0. The molecule has 0 aliphatic rings. The molecule has 4 aromatic carbocycles.